The summed E-state index contributed by atoms with van der Waals surface area (Å²) in [5.74, 6) is -0.294. The molecule has 1 saturated heterocycles. The molecule has 2 N–H and O–H groups in total. The average Bonchev–Trinajstić information content (AvgIpc) is 1.73. The Hall–Kier alpha value is -0.610. The first-order chi connectivity index (χ1) is 4.33. The monoisotopic (exact) mass is 145 g/mol. The number of hydrogen-bond donors (Lipinski definition) is 2. The van der Waals surface area contributed by atoms with Gasteiger partial charge in [-0.3, -0.25) is 4.79 Å². The number of likely N-dealkylation sites (N-methyl/N-ethyl adjacent to an activating group) is 1. The van der Waals surface area contributed by atoms with Crippen LogP contribution in [-0.2, 0) is 4.79 Å². The smallest absolute Gasteiger partial charge is 0.302 e. The lowest BCUT2D eigenvalue weighted by Gasteiger charge is -2.21. The van der Waals surface area contributed by atoms with Crippen molar-refractivity contribution in [1.82, 2.24) is 5.43 Å². The van der Waals surface area contributed by atoms with Crippen LogP contribution in [0.4, 0.5) is 0 Å². The predicted octanol–water partition coefficient (Wildman–Crippen LogP) is -1.14. The first-order valence-electron chi connectivity index (χ1n) is 3.22. The highest BCUT2D eigenvalue weighted by Crippen LogP contribution is 2.15. The van der Waals surface area contributed by atoms with E-state index in [2.05, 4.69) is 5.43 Å². The standard InChI is InChI=1S/C6H12N2O2/c1-6(10)4-8(2,3)7-5(6)9/h10H,4H2,1-3H3/p+1. The number of nitrogens with zero attached hydrogens (tertiary/aromatic N) is 1. The lowest BCUT2D eigenvalue weighted by Crippen LogP contribution is -2.47. The highest BCUT2D eigenvalue weighted by Gasteiger charge is 2.47. The Morgan fingerprint density at radius 3 is 2.30 bits per heavy atom. The fraction of sp³-hybridized carbons (Fsp3) is 0.833. The molecule has 0 spiro atoms. The number of carbonyl (C=O) groups excluding carboxylic acids is 1. The van der Waals surface area contributed by atoms with E-state index in [1.54, 1.807) is 0 Å². The molecule has 0 aromatic carbocycles. The van der Waals surface area contributed by atoms with Gasteiger partial charge in [0.1, 0.15) is 6.54 Å². The molecule has 4 heteroatoms. The van der Waals surface area contributed by atoms with Crippen LogP contribution < -0.4 is 5.43 Å². The van der Waals surface area contributed by atoms with Crippen LogP contribution in [0.5, 0.6) is 0 Å². The van der Waals surface area contributed by atoms with Crippen LogP contribution in [0.2, 0.25) is 0 Å². The third kappa shape index (κ3) is 1.12. The Kier molecular flexibility index (Phi) is 1.28. The molecule has 1 fully saturated rings. The number of aliphatic hydroxyl groups is 1. The van der Waals surface area contributed by atoms with Crippen molar-refractivity contribution in [2.75, 3.05) is 20.6 Å². The largest absolute Gasteiger partial charge is 0.375 e. The third-order valence-electron chi connectivity index (χ3n) is 1.60. The van der Waals surface area contributed by atoms with Crippen LogP contribution in [0, 0.1) is 0 Å². The summed E-state index contributed by atoms with van der Waals surface area (Å²) in [7, 11) is 3.67. The Bertz CT molecular complexity index is 175. The van der Waals surface area contributed by atoms with Crippen molar-refractivity contribution in [2.24, 2.45) is 0 Å². The predicted molar refractivity (Wildman–Crippen MR) is 35.7 cm³/mol. The molecule has 0 saturated carbocycles. The van der Waals surface area contributed by atoms with E-state index in [0.29, 0.717) is 11.1 Å². The van der Waals surface area contributed by atoms with Crippen molar-refractivity contribution in [3.05, 3.63) is 0 Å². The molecule has 1 heterocycles. The summed E-state index contributed by atoms with van der Waals surface area (Å²) < 4.78 is 0.353. The number of carbonyl (C=O) groups is 1. The number of nitrogens with one attached hydrogen (secondary N) is 1. The third-order valence-corrected chi connectivity index (χ3v) is 1.60. The first-order valence-corrected chi connectivity index (χ1v) is 3.22. The lowest BCUT2D eigenvalue weighted by atomic mass is 10.1. The van der Waals surface area contributed by atoms with E-state index in [9.17, 15) is 9.90 Å². The molecule has 1 aliphatic rings. The second-order valence-corrected chi connectivity index (χ2v) is 3.56. The van der Waals surface area contributed by atoms with Crippen molar-refractivity contribution in [3.63, 3.8) is 0 Å². The minimum atomic E-state index is -1.19. The van der Waals surface area contributed by atoms with Gasteiger partial charge in [-0.25, -0.2) is 4.59 Å². The minimum Gasteiger partial charge on any atom is -0.375 e. The Balaban J connectivity index is 2.81. The highest BCUT2D eigenvalue weighted by atomic mass is 16.3. The fourth-order valence-electron chi connectivity index (χ4n) is 1.28. The molecule has 0 radical (unpaired) electrons. The molecule has 10 heavy (non-hydrogen) atoms. The molecule has 1 amide bonds. The number of quaternary nitrogens is 1. The zero-order valence-electron chi connectivity index (χ0n) is 6.51. The van der Waals surface area contributed by atoms with Crippen molar-refractivity contribution in [2.45, 2.75) is 12.5 Å². The lowest BCUT2D eigenvalue weighted by molar-refractivity contribution is -0.919. The number of hydrogen-bond acceptors (Lipinski definition) is 2. The Labute approximate surface area is 60.0 Å². The van der Waals surface area contributed by atoms with Gasteiger partial charge in [-0.05, 0) is 6.92 Å². The van der Waals surface area contributed by atoms with E-state index in [4.69, 9.17) is 0 Å². The van der Waals surface area contributed by atoms with Crippen LogP contribution in [0.1, 0.15) is 6.92 Å². The normalized spacial score (nSPS) is 37.8. The SMILES string of the molecule is CC1(O)C[N+](C)(C)NC1=O. The summed E-state index contributed by atoms with van der Waals surface area (Å²) >= 11 is 0. The van der Waals surface area contributed by atoms with E-state index in [1.807, 2.05) is 14.1 Å². The molecule has 1 unspecified atom stereocenters. The molecular weight excluding hydrogens is 132 g/mol. The summed E-state index contributed by atoms with van der Waals surface area (Å²) in [6.45, 7) is 1.95. The maximum Gasteiger partial charge on any atom is 0.302 e. The molecule has 0 aliphatic carbocycles. The van der Waals surface area contributed by atoms with Crippen molar-refractivity contribution in [3.8, 4) is 0 Å². The summed E-state index contributed by atoms with van der Waals surface area (Å²) in [5, 5.41) is 9.37. The molecule has 0 bridgehead atoms. The van der Waals surface area contributed by atoms with Crippen molar-refractivity contribution >= 4 is 5.91 Å². The van der Waals surface area contributed by atoms with E-state index in [1.165, 1.54) is 6.92 Å². The van der Waals surface area contributed by atoms with Crippen molar-refractivity contribution < 1.29 is 14.5 Å². The quantitative estimate of drug-likeness (QED) is 0.423. The van der Waals surface area contributed by atoms with Gasteiger partial charge < -0.3 is 5.11 Å². The van der Waals surface area contributed by atoms with Crippen LogP contribution >= 0.6 is 0 Å². The summed E-state index contributed by atoms with van der Waals surface area (Å²) in [6, 6.07) is 0. The molecule has 1 atom stereocenters. The van der Waals surface area contributed by atoms with Crippen LogP contribution in [0.15, 0.2) is 0 Å². The zero-order chi connectivity index (χ0) is 7.99. The second kappa shape index (κ2) is 1.71. The summed E-state index contributed by atoms with van der Waals surface area (Å²) in [6.07, 6.45) is 0. The number of rotatable bonds is 0. The van der Waals surface area contributed by atoms with Crippen molar-refractivity contribution in [1.29, 1.82) is 0 Å². The highest BCUT2D eigenvalue weighted by molar-refractivity contribution is 5.84. The van der Waals surface area contributed by atoms with E-state index in [0.717, 1.165) is 0 Å². The molecule has 0 aromatic heterocycles. The fourth-order valence-corrected chi connectivity index (χ4v) is 1.28. The number of amides is 1. The second-order valence-electron chi connectivity index (χ2n) is 3.56. The maximum absolute atomic E-state index is 10.9. The molecule has 58 valence electrons. The molecule has 0 aromatic rings. The first kappa shape index (κ1) is 7.50. The molecular formula is C6H13N2O2+. The minimum absolute atomic E-state index is 0.294. The van der Waals surface area contributed by atoms with Crippen LogP contribution in [0.25, 0.3) is 0 Å². The van der Waals surface area contributed by atoms with Gasteiger partial charge in [0.25, 0.3) is 0 Å². The van der Waals surface area contributed by atoms with E-state index >= 15 is 0 Å². The summed E-state index contributed by atoms with van der Waals surface area (Å²) in [4.78, 5) is 10.9. The molecule has 1 rings (SSSR count). The zero-order valence-corrected chi connectivity index (χ0v) is 6.51. The Morgan fingerprint density at radius 2 is 2.20 bits per heavy atom. The van der Waals surface area contributed by atoms with Gasteiger partial charge in [0.2, 0.25) is 0 Å². The van der Waals surface area contributed by atoms with E-state index in [-0.39, 0.29) is 5.91 Å². The topological polar surface area (TPSA) is 49.3 Å². The Morgan fingerprint density at radius 1 is 1.70 bits per heavy atom. The van der Waals surface area contributed by atoms with E-state index < -0.39 is 5.60 Å². The molecule has 1 aliphatic heterocycles. The van der Waals surface area contributed by atoms with Gasteiger partial charge in [0.05, 0.1) is 14.1 Å². The summed E-state index contributed by atoms with van der Waals surface area (Å²) in [5.41, 5.74) is 1.44. The van der Waals surface area contributed by atoms with Gasteiger partial charge in [-0.1, -0.05) is 0 Å². The average molecular weight is 145 g/mol. The molecule has 4 nitrogen and oxygen atoms in total. The van der Waals surface area contributed by atoms with Gasteiger partial charge >= 0.3 is 5.91 Å². The van der Waals surface area contributed by atoms with Gasteiger partial charge in [0, 0.05) is 0 Å². The van der Waals surface area contributed by atoms with Crippen LogP contribution in [0.3, 0.4) is 0 Å². The van der Waals surface area contributed by atoms with Gasteiger partial charge in [-0.2, -0.15) is 5.43 Å². The van der Waals surface area contributed by atoms with Gasteiger partial charge in [-0.15, -0.1) is 0 Å². The van der Waals surface area contributed by atoms with Gasteiger partial charge in [0.15, 0.2) is 5.60 Å². The maximum atomic E-state index is 10.9. The van der Waals surface area contributed by atoms with Crippen LogP contribution in [-0.4, -0.2) is 41.8 Å².